The van der Waals surface area contributed by atoms with Crippen LogP contribution in [0.5, 0.6) is 0 Å². The number of rotatable bonds is 0. The molecule has 0 aromatic heterocycles. The molecule has 2 atom stereocenters. The number of epoxide rings is 1. The van der Waals surface area contributed by atoms with Crippen molar-refractivity contribution in [2.75, 3.05) is 13.2 Å². The summed E-state index contributed by atoms with van der Waals surface area (Å²) in [5.74, 6) is 3.58. The monoisotopic (exact) mass is 142 g/mol. The second-order valence-electron chi connectivity index (χ2n) is 3.03. The van der Waals surface area contributed by atoms with Crippen molar-refractivity contribution in [2.24, 2.45) is 17.8 Å². The summed E-state index contributed by atoms with van der Waals surface area (Å²) in [5, 5.41) is 0. The van der Waals surface area contributed by atoms with Gasteiger partial charge in [-0.05, 0) is 24.2 Å². The molecule has 1 heterocycles. The van der Waals surface area contributed by atoms with Crippen molar-refractivity contribution < 1.29 is 4.74 Å². The minimum atomic E-state index is 1.00. The van der Waals surface area contributed by atoms with Gasteiger partial charge in [-0.1, -0.05) is 20.8 Å². The third-order valence-corrected chi connectivity index (χ3v) is 2.31. The van der Waals surface area contributed by atoms with Crippen molar-refractivity contribution in [1.29, 1.82) is 0 Å². The summed E-state index contributed by atoms with van der Waals surface area (Å²) < 4.78 is 4.50. The van der Waals surface area contributed by atoms with E-state index < -0.39 is 0 Å². The molecular formula is C9H18O. The number of hydrogen-bond donors (Lipinski definition) is 0. The first-order chi connectivity index (χ1) is 4.89. The Balaban J connectivity index is 0.0000000877. The molecule has 0 aromatic carbocycles. The Morgan fingerprint density at radius 3 is 1.40 bits per heavy atom. The van der Waals surface area contributed by atoms with Crippen molar-refractivity contribution >= 4 is 0 Å². The molecule has 2 saturated carbocycles. The average molecular weight is 142 g/mol. The van der Waals surface area contributed by atoms with Crippen LogP contribution >= 0.6 is 0 Å². The Kier molecular flexibility index (Phi) is 2.72. The highest BCUT2D eigenvalue weighted by atomic mass is 16.6. The number of fused-ring (bicyclic) bond motifs is 1. The highest BCUT2D eigenvalue weighted by molar-refractivity contribution is 5.09. The van der Waals surface area contributed by atoms with Crippen molar-refractivity contribution in [1.82, 2.24) is 0 Å². The van der Waals surface area contributed by atoms with Crippen LogP contribution in [-0.2, 0) is 4.74 Å². The summed E-state index contributed by atoms with van der Waals surface area (Å²) in [6, 6.07) is 0. The van der Waals surface area contributed by atoms with Gasteiger partial charge in [0.25, 0.3) is 0 Å². The van der Waals surface area contributed by atoms with Gasteiger partial charge in [0, 0.05) is 0 Å². The van der Waals surface area contributed by atoms with Crippen LogP contribution < -0.4 is 0 Å². The van der Waals surface area contributed by atoms with Crippen LogP contribution in [0.2, 0.25) is 0 Å². The van der Waals surface area contributed by atoms with Crippen LogP contribution in [-0.4, -0.2) is 13.2 Å². The fourth-order valence-electron chi connectivity index (χ4n) is 1.11. The molecule has 1 nitrogen and oxygen atoms in total. The number of hydrogen-bond acceptors (Lipinski definition) is 1. The molecule has 0 spiro atoms. The van der Waals surface area contributed by atoms with E-state index in [0.29, 0.717) is 0 Å². The van der Waals surface area contributed by atoms with Gasteiger partial charge in [-0.15, -0.1) is 0 Å². The van der Waals surface area contributed by atoms with E-state index in [1.807, 2.05) is 13.8 Å². The van der Waals surface area contributed by atoms with Crippen LogP contribution in [0.4, 0.5) is 0 Å². The van der Waals surface area contributed by atoms with Crippen LogP contribution in [0.3, 0.4) is 0 Å². The van der Waals surface area contributed by atoms with Gasteiger partial charge in [0.2, 0.25) is 0 Å². The minimum absolute atomic E-state index is 1.00. The minimum Gasteiger partial charge on any atom is -0.377 e. The molecule has 0 bridgehead atoms. The van der Waals surface area contributed by atoms with Crippen LogP contribution in [0, 0.1) is 17.8 Å². The summed E-state index contributed by atoms with van der Waals surface area (Å²) in [4.78, 5) is 0. The van der Waals surface area contributed by atoms with E-state index in [2.05, 4.69) is 11.7 Å². The lowest BCUT2D eigenvalue weighted by Crippen LogP contribution is -1.73. The largest absolute Gasteiger partial charge is 0.377 e. The van der Waals surface area contributed by atoms with Gasteiger partial charge in [0.1, 0.15) is 0 Å². The molecule has 0 aromatic rings. The Morgan fingerprint density at radius 1 is 1.10 bits per heavy atom. The first-order valence-electron chi connectivity index (χ1n) is 4.47. The standard InChI is InChI=1S/C5H8.C2H4O.C2H6/c1-3-4-2-5(3)4;1-2-3-1;1-2/h3-5H,2H2,1H3;1-2H2;1-2H3. The van der Waals surface area contributed by atoms with Crippen LogP contribution in [0.15, 0.2) is 0 Å². The zero-order valence-electron chi connectivity index (χ0n) is 7.26. The van der Waals surface area contributed by atoms with Gasteiger partial charge >= 0.3 is 0 Å². The highest BCUT2D eigenvalue weighted by Crippen LogP contribution is 2.67. The van der Waals surface area contributed by atoms with Crippen LogP contribution in [0.1, 0.15) is 27.2 Å². The normalized spacial score (nSPS) is 42.9. The van der Waals surface area contributed by atoms with Gasteiger partial charge in [-0.25, -0.2) is 0 Å². The van der Waals surface area contributed by atoms with Gasteiger partial charge in [0.05, 0.1) is 13.2 Å². The topological polar surface area (TPSA) is 12.5 Å². The predicted molar refractivity (Wildman–Crippen MR) is 42.9 cm³/mol. The maximum Gasteiger partial charge on any atom is 0.0701 e. The van der Waals surface area contributed by atoms with Gasteiger partial charge in [0.15, 0.2) is 0 Å². The van der Waals surface area contributed by atoms with E-state index >= 15 is 0 Å². The molecule has 1 aliphatic heterocycles. The van der Waals surface area contributed by atoms with Crippen LogP contribution in [0.25, 0.3) is 0 Å². The van der Waals surface area contributed by atoms with Crippen molar-refractivity contribution in [2.45, 2.75) is 27.2 Å². The second-order valence-corrected chi connectivity index (χ2v) is 3.03. The summed E-state index contributed by atoms with van der Waals surface area (Å²) in [6.07, 6.45) is 1.57. The third kappa shape index (κ3) is 2.30. The molecule has 1 heteroatoms. The SMILES string of the molecule is C1CO1.CC.CC1C2CC12. The lowest BCUT2D eigenvalue weighted by atomic mass is 10.2. The molecule has 3 aliphatic rings. The molecule has 2 unspecified atom stereocenters. The van der Waals surface area contributed by atoms with E-state index in [4.69, 9.17) is 0 Å². The Hall–Kier alpha value is -0.0400. The van der Waals surface area contributed by atoms with Gasteiger partial charge in [-0.2, -0.15) is 0 Å². The maximum absolute atomic E-state index is 4.50. The van der Waals surface area contributed by atoms with E-state index in [0.717, 1.165) is 19.1 Å². The Bertz CT molecular complexity index is 81.4. The molecule has 60 valence electrons. The molecule has 0 N–H and O–H groups in total. The second kappa shape index (κ2) is 3.38. The van der Waals surface area contributed by atoms with Gasteiger partial charge < -0.3 is 4.74 Å². The first-order valence-corrected chi connectivity index (χ1v) is 4.47. The molecule has 0 amide bonds. The fraction of sp³-hybridized carbons (Fsp3) is 1.00. The summed E-state index contributed by atoms with van der Waals surface area (Å²) >= 11 is 0. The summed E-state index contributed by atoms with van der Waals surface area (Å²) in [5.41, 5.74) is 0. The van der Waals surface area contributed by atoms with E-state index in [9.17, 15) is 0 Å². The quantitative estimate of drug-likeness (QED) is 0.473. The summed E-state index contributed by atoms with van der Waals surface area (Å²) in [6.45, 7) is 8.35. The Morgan fingerprint density at radius 2 is 1.40 bits per heavy atom. The first kappa shape index (κ1) is 8.06. The molecule has 0 radical (unpaired) electrons. The van der Waals surface area contributed by atoms with E-state index in [-0.39, 0.29) is 0 Å². The maximum atomic E-state index is 4.50. The highest BCUT2D eigenvalue weighted by Gasteiger charge is 2.60. The molecular weight excluding hydrogens is 124 g/mol. The predicted octanol–water partition coefficient (Wildman–Crippen LogP) is 2.32. The average Bonchev–Trinajstić information content (AvgIpc) is 2.81. The smallest absolute Gasteiger partial charge is 0.0701 e. The molecule has 2 aliphatic carbocycles. The summed E-state index contributed by atoms with van der Waals surface area (Å²) in [7, 11) is 0. The lowest BCUT2D eigenvalue weighted by molar-refractivity contribution is 0.475. The zero-order valence-corrected chi connectivity index (χ0v) is 7.26. The molecule has 3 rings (SSSR count). The number of ether oxygens (including phenoxy) is 1. The fourth-order valence-corrected chi connectivity index (χ4v) is 1.11. The third-order valence-electron chi connectivity index (χ3n) is 2.31. The zero-order chi connectivity index (χ0) is 7.56. The van der Waals surface area contributed by atoms with E-state index in [1.165, 1.54) is 11.8 Å². The lowest BCUT2D eigenvalue weighted by Gasteiger charge is -1.82. The molecule has 3 fully saturated rings. The van der Waals surface area contributed by atoms with Crippen molar-refractivity contribution in [3.05, 3.63) is 0 Å². The molecule has 1 saturated heterocycles. The Labute approximate surface area is 63.8 Å². The van der Waals surface area contributed by atoms with Crippen molar-refractivity contribution in [3.63, 3.8) is 0 Å². The van der Waals surface area contributed by atoms with Gasteiger partial charge in [-0.3, -0.25) is 0 Å². The van der Waals surface area contributed by atoms with Crippen molar-refractivity contribution in [3.8, 4) is 0 Å². The molecule has 10 heavy (non-hydrogen) atoms. The van der Waals surface area contributed by atoms with E-state index in [1.54, 1.807) is 6.42 Å².